The molecule has 1 amide bonds. The van der Waals surface area contributed by atoms with Crippen molar-refractivity contribution in [2.45, 2.75) is 104 Å². The molecule has 0 aliphatic rings. The minimum atomic E-state index is -0.682. The number of primary amides is 1. The van der Waals surface area contributed by atoms with E-state index in [-0.39, 0.29) is 43.6 Å². The number of carboxylic acids is 1. The molecule has 0 fully saturated rings. The summed E-state index contributed by atoms with van der Waals surface area (Å²) in [5.74, 6) is -0.841. The van der Waals surface area contributed by atoms with Crippen molar-refractivity contribution in [1.29, 1.82) is 0 Å². The first-order valence-electron chi connectivity index (χ1n) is 9.04. The van der Waals surface area contributed by atoms with Crippen LogP contribution in [0.3, 0.4) is 0 Å². The van der Waals surface area contributed by atoms with Gasteiger partial charge in [-0.1, -0.05) is 78.1 Å². The first-order chi connectivity index (χ1) is 10.5. The molecule has 0 atom stereocenters. The number of unbranched alkanes of at least 4 members (excludes halogenated alkanes) is 10. The number of nitrogens with two attached hydrogens (primary N) is 1. The van der Waals surface area contributed by atoms with Crippen molar-refractivity contribution in [1.82, 2.24) is 0 Å². The van der Waals surface area contributed by atoms with Gasteiger partial charge in [-0.25, -0.2) is 0 Å². The summed E-state index contributed by atoms with van der Waals surface area (Å²) in [7, 11) is 0. The van der Waals surface area contributed by atoms with E-state index in [9.17, 15) is 9.59 Å². The Bertz CT molecular complexity index is 261. The average Bonchev–Trinajstić information content (AvgIpc) is 2.46. The molecule has 0 aromatic rings. The number of hydrogen-bond donors (Lipinski definition) is 2. The average molecular weight is 358 g/mol. The number of rotatable bonds is 14. The minimum absolute atomic E-state index is 0. The molecular formula is C18H39CaNO3. The molecule has 0 bridgehead atoms. The third-order valence-electron chi connectivity index (χ3n) is 3.52. The van der Waals surface area contributed by atoms with Gasteiger partial charge in [0.2, 0.25) is 5.91 Å². The van der Waals surface area contributed by atoms with Crippen LogP contribution in [0.1, 0.15) is 104 Å². The third kappa shape index (κ3) is 34.5. The predicted octanol–water partition coefficient (Wildman–Crippen LogP) is 4.13. The van der Waals surface area contributed by atoms with Gasteiger partial charge in [-0.15, -0.1) is 0 Å². The topological polar surface area (TPSA) is 80.4 Å². The van der Waals surface area contributed by atoms with Crippen LogP contribution in [0.2, 0.25) is 0 Å². The maximum atomic E-state index is 10.4. The van der Waals surface area contributed by atoms with Gasteiger partial charge in [0.15, 0.2) is 0 Å². The van der Waals surface area contributed by atoms with Crippen LogP contribution in [-0.4, -0.2) is 54.7 Å². The molecular weight excluding hydrogens is 318 g/mol. The standard InChI is InChI=1S/C12H25NO.C6H12O2.Ca.2H/c1-2-3-4-5-6-7-8-9-10-11-12(13)14;1-2-3-4-5-6(7)8;;;/h2-11H2,1H3,(H2,13,14);2-5H2,1H3,(H,7,8);;;. The second-order valence-electron chi connectivity index (χ2n) is 5.90. The molecule has 0 aromatic carbocycles. The molecule has 0 aliphatic heterocycles. The molecule has 23 heavy (non-hydrogen) atoms. The molecule has 3 N–H and O–H groups in total. The maximum absolute atomic E-state index is 10.4. The monoisotopic (exact) mass is 357 g/mol. The first-order valence-corrected chi connectivity index (χ1v) is 9.04. The Morgan fingerprint density at radius 1 is 0.696 bits per heavy atom. The zero-order valence-corrected chi connectivity index (χ0v) is 14.7. The number of hydrogen-bond acceptors (Lipinski definition) is 2. The SMILES string of the molecule is CCCCCC(=O)O.CCCCCCCCCCCC(N)=O.[CaH2]. The number of carboxylic acid groups (broad SMARTS) is 1. The summed E-state index contributed by atoms with van der Waals surface area (Å²) in [5.41, 5.74) is 5.05. The molecule has 0 rings (SSSR count). The van der Waals surface area contributed by atoms with Gasteiger partial charge in [0.1, 0.15) is 0 Å². The summed E-state index contributed by atoms with van der Waals surface area (Å²) in [6, 6.07) is 0. The van der Waals surface area contributed by atoms with Crippen LogP contribution in [0.25, 0.3) is 0 Å². The molecule has 0 saturated carbocycles. The van der Waals surface area contributed by atoms with E-state index < -0.39 is 5.97 Å². The molecule has 0 aromatic heterocycles. The van der Waals surface area contributed by atoms with Gasteiger partial charge in [0.25, 0.3) is 0 Å². The molecule has 4 nitrogen and oxygen atoms in total. The van der Waals surface area contributed by atoms with Gasteiger partial charge < -0.3 is 10.8 Å². The van der Waals surface area contributed by atoms with E-state index >= 15 is 0 Å². The van der Waals surface area contributed by atoms with E-state index in [1.54, 1.807) is 0 Å². The third-order valence-corrected chi connectivity index (χ3v) is 3.52. The van der Waals surface area contributed by atoms with E-state index in [2.05, 4.69) is 13.8 Å². The fourth-order valence-corrected chi connectivity index (χ4v) is 2.14. The first kappa shape index (κ1) is 28.0. The van der Waals surface area contributed by atoms with E-state index in [4.69, 9.17) is 10.8 Å². The van der Waals surface area contributed by atoms with Gasteiger partial charge in [-0.2, -0.15) is 0 Å². The van der Waals surface area contributed by atoms with Gasteiger partial charge in [-0.3, -0.25) is 9.59 Å². The predicted molar refractivity (Wildman–Crippen MR) is 101 cm³/mol. The molecule has 136 valence electrons. The Labute approximate surface area is 173 Å². The van der Waals surface area contributed by atoms with Crippen molar-refractivity contribution in [2.75, 3.05) is 0 Å². The Hall–Kier alpha value is 0.200. The fourth-order valence-electron chi connectivity index (χ4n) is 2.14. The second kappa shape index (κ2) is 24.5. The van der Waals surface area contributed by atoms with Crippen molar-refractivity contribution in [2.24, 2.45) is 5.73 Å². The summed E-state index contributed by atoms with van der Waals surface area (Å²) in [4.78, 5) is 20.3. The van der Waals surface area contributed by atoms with Crippen LogP contribution in [0.15, 0.2) is 0 Å². The summed E-state index contributed by atoms with van der Waals surface area (Å²) < 4.78 is 0. The van der Waals surface area contributed by atoms with Crippen molar-refractivity contribution < 1.29 is 14.7 Å². The van der Waals surface area contributed by atoms with Crippen LogP contribution < -0.4 is 5.73 Å². The summed E-state index contributed by atoms with van der Waals surface area (Å²) in [6.07, 6.45) is 15.4. The van der Waals surface area contributed by atoms with Crippen LogP contribution in [0.4, 0.5) is 0 Å². The van der Waals surface area contributed by atoms with E-state index in [0.717, 1.165) is 32.1 Å². The van der Waals surface area contributed by atoms with Crippen LogP contribution in [0, 0.1) is 0 Å². The Kier molecular flexibility index (Phi) is 29.8. The Balaban J connectivity index is -0.000000382. The van der Waals surface area contributed by atoms with E-state index in [1.807, 2.05) is 0 Å². The van der Waals surface area contributed by atoms with Crippen molar-refractivity contribution in [3.8, 4) is 0 Å². The zero-order valence-electron chi connectivity index (χ0n) is 14.7. The number of aliphatic carboxylic acids is 1. The second-order valence-corrected chi connectivity index (χ2v) is 5.90. The molecule has 0 saturated heterocycles. The van der Waals surface area contributed by atoms with Gasteiger partial charge in [-0.05, 0) is 12.8 Å². The quantitative estimate of drug-likeness (QED) is 0.362. The normalized spacial score (nSPS) is 9.48. The molecule has 0 radical (unpaired) electrons. The summed E-state index contributed by atoms with van der Waals surface area (Å²) in [6.45, 7) is 4.30. The number of carbonyl (C=O) groups excluding carboxylic acids is 1. The van der Waals surface area contributed by atoms with Crippen LogP contribution in [0.5, 0.6) is 0 Å². The van der Waals surface area contributed by atoms with E-state index in [0.29, 0.717) is 12.8 Å². The Morgan fingerprint density at radius 2 is 1.04 bits per heavy atom. The molecule has 0 heterocycles. The Morgan fingerprint density at radius 3 is 1.43 bits per heavy atom. The molecule has 5 heteroatoms. The van der Waals surface area contributed by atoms with Crippen LogP contribution >= 0.6 is 0 Å². The van der Waals surface area contributed by atoms with E-state index in [1.165, 1.54) is 44.9 Å². The van der Waals surface area contributed by atoms with Gasteiger partial charge in [0.05, 0.1) is 0 Å². The fraction of sp³-hybridized carbons (Fsp3) is 0.889. The summed E-state index contributed by atoms with van der Waals surface area (Å²) in [5, 5.41) is 8.14. The number of carbonyl (C=O) groups is 2. The summed E-state index contributed by atoms with van der Waals surface area (Å²) >= 11 is 0. The molecule has 0 spiro atoms. The van der Waals surface area contributed by atoms with Crippen molar-refractivity contribution >= 4 is 49.6 Å². The van der Waals surface area contributed by atoms with Crippen molar-refractivity contribution in [3.63, 3.8) is 0 Å². The van der Waals surface area contributed by atoms with Gasteiger partial charge >= 0.3 is 43.7 Å². The van der Waals surface area contributed by atoms with Crippen molar-refractivity contribution in [3.05, 3.63) is 0 Å². The van der Waals surface area contributed by atoms with Gasteiger partial charge in [0, 0.05) is 12.8 Å². The molecule has 0 unspecified atom stereocenters. The van der Waals surface area contributed by atoms with Crippen LogP contribution in [-0.2, 0) is 9.59 Å². The zero-order chi connectivity index (χ0) is 17.1. The molecule has 0 aliphatic carbocycles. The number of amides is 1.